The van der Waals surface area contributed by atoms with E-state index in [9.17, 15) is 19.5 Å². The molecule has 506 valence electrons. The number of carbonyl (C=O) groups excluding carboxylic acids is 3. The van der Waals surface area contributed by atoms with Crippen LogP contribution in [0.5, 0.6) is 0 Å². The fraction of sp³-hybridized carbons (Fsp3) is 0.808. The van der Waals surface area contributed by atoms with Gasteiger partial charge in [0.2, 0.25) is 0 Å². The molecule has 9 nitrogen and oxygen atoms in total. The zero-order chi connectivity index (χ0) is 63.3. The maximum atomic E-state index is 13.0. The number of carboxylic acids is 1. The molecule has 0 aliphatic carbocycles. The summed E-state index contributed by atoms with van der Waals surface area (Å²) >= 11 is 0. The second-order valence-electron chi connectivity index (χ2n) is 26.2. The van der Waals surface area contributed by atoms with Gasteiger partial charge in [-0.15, -0.1) is 0 Å². The maximum Gasteiger partial charge on any atom is 0.306 e. The molecule has 0 aliphatic heterocycles. The Labute approximate surface area is 538 Å². The van der Waals surface area contributed by atoms with Crippen molar-refractivity contribution in [1.29, 1.82) is 0 Å². The number of allylic oxidation sites excluding steroid dienone is 12. The number of carbonyl (C=O) groups is 3. The first-order valence-corrected chi connectivity index (χ1v) is 37.1. The van der Waals surface area contributed by atoms with Crippen molar-refractivity contribution in [1.82, 2.24) is 0 Å². The average molecular weight is 1220 g/mol. The van der Waals surface area contributed by atoms with E-state index in [-0.39, 0.29) is 32.2 Å². The molecule has 0 aliphatic rings. The molecule has 0 saturated carbocycles. The van der Waals surface area contributed by atoms with Crippen LogP contribution in [0.2, 0.25) is 0 Å². The fourth-order valence-electron chi connectivity index (χ4n) is 10.8. The summed E-state index contributed by atoms with van der Waals surface area (Å²) in [5.74, 6) is -2.26. The summed E-state index contributed by atoms with van der Waals surface area (Å²) < 4.78 is 22.8. The number of ether oxygens (including phenoxy) is 4. The van der Waals surface area contributed by atoms with Crippen LogP contribution in [0.4, 0.5) is 0 Å². The van der Waals surface area contributed by atoms with Crippen molar-refractivity contribution in [2.75, 3.05) is 47.5 Å². The van der Waals surface area contributed by atoms with Gasteiger partial charge in [-0.05, 0) is 64.2 Å². The first-order valence-electron chi connectivity index (χ1n) is 37.1. The van der Waals surface area contributed by atoms with Crippen LogP contribution in [-0.2, 0) is 33.3 Å². The molecule has 87 heavy (non-hydrogen) atoms. The van der Waals surface area contributed by atoms with Gasteiger partial charge in [0.15, 0.2) is 12.4 Å². The quantitative estimate of drug-likeness (QED) is 0.0195. The maximum absolute atomic E-state index is 13.0. The topological polar surface area (TPSA) is 111 Å². The van der Waals surface area contributed by atoms with E-state index in [0.29, 0.717) is 23.9 Å². The number of esters is 2. The molecule has 0 saturated heterocycles. The number of quaternary nitrogens is 1. The predicted molar refractivity (Wildman–Crippen MR) is 371 cm³/mol. The summed E-state index contributed by atoms with van der Waals surface area (Å²) in [6.07, 6.45) is 88.6. The molecule has 0 heterocycles. The van der Waals surface area contributed by atoms with Crippen LogP contribution in [-0.4, -0.2) is 82.3 Å². The number of carboxylic acid groups (broad SMARTS) is 1. The third-order valence-electron chi connectivity index (χ3n) is 16.5. The summed E-state index contributed by atoms with van der Waals surface area (Å²) in [5.41, 5.74) is 0. The minimum atomic E-state index is -1.62. The van der Waals surface area contributed by atoms with Gasteiger partial charge in [0.1, 0.15) is 13.2 Å². The number of likely N-dealkylation sites (N-methyl/N-ethyl adjacent to an activating group) is 1. The van der Waals surface area contributed by atoms with E-state index < -0.39 is 24.3 Å². The number of hydrogen-bond acceptors (Lipinski definition) is 8. The highest BCUT2D eigenvalue weighted by atomic mass is 16.7. The van der Waals surface area contributed by atoms with Crippen molar-refractivity contribution < 1.29 is 42.9 Å². The number of nitrogens with zero attached hydrogens (tertiary/aromatic N) is 1. The van der Waals surface area contributed by atoms with Gasteiger partial charge >= 0.3 is 11.9 Å². The SMILES string of the molecule is CC/C=C\C/C=C\C/C=C\C/C=C\C/C=C\C/C=C\CCCCCCCCCCCCCCCCCCC(=O)OC(COC(=O)CCCCCCCCCCCCCCCCCCCCCCCCCCCCC)COC(OCC[N+](C)(C)C)C(=O)[O-]. The van der Waals surface area contributed by atoms with Crippen LogP contribution in [0.1, 0.15) is 348 Å². The molecular formula is C78H141NO8. The average Bonchev–Trinajstić information content (AvgIpc) is 3.56. The van der Waals surface area contributed by atoms with Crippen LogP contribution < -0.4 is 5.11 Å². The zero-order valence-electron chi connectivity index (χ0n) is 57.9. The van der Waals surface area contributed by atoms with E-state index in [4.69, 9.17) is 18.9 Å². The molecule has 2 atom stereocenters. The molecular weight excluding hydrogens is 1080 g/mol. The molecule has 0 spiro atoms. The highest BCUT2D eigenvalue weighted by Gasteiger charge is 2.22. The van der Waals surface area contributed by atoms with Gasteiger partial charge in [-0.25, -0.2) is 0 Å². The third kappa shape index (κ3) is 70.1. The van der Waals surface area contributed by atoms with Crippen molar-refractivity contribution in [3.8, 4) is 0 Å². The molecule has 0 bridgehead atoms. The lowest BCUT2D eigenvalue weighted by Gasteiger charge is -2.26. The Balaban J connectivity index is 4.05. The molecule has 0 rings (SSSR count). The van der Waals surface area contributed by atoms with E-state index in [1.54, 1.807) is 0 Å². The fourth-order valence-corrected chi connectivity index (χ4v) is 10.8. The van der Waals surface area contributed by atoms with Gasteiger partial charge in [-0.1, -0.05) is 344 Å². The Morgan fingerprint density at radius 3 is 0.977 bits per heavy atom. The van der Waals surface area contributed by atoms with Gasteiger partial charge in [0, 0.05) is 12.8 Å². The lowest BCUT2D eigenvalue weighted by atomic mass is 10.0. The van der Waals surface area contributed by atoms with Crippen molar-refractivity contribution >= 4 is 17.9 Å². The summed E-state index contributed by atoms with van der Waals surface area (Å²) in [7, 11) is 5.94. The summed E-state index contributed by atoms with van der Waals surface area (Å²) in [5, 5.41) is 11.8. The monoisotopic (exact) mass is 1220 g/mol. The smallest absolute Gasteiger partial charge is 0.306 e. The van der Waals surface area contributed by atoms with Gasteiger partial charge in [-0.3, -0.25) is 9.59 Å². The Hall–Kier alpha value is -3.27. The largest absolute Gasteiger partial charge is 0.545 e. The van der Waals surface area contributed by atoms with Crippen molar-refractivity contribution in [3.05, 3.63) is 72.9 Å². The van der Waals surface area contributed by atoms with E-state index in [0.717, 1.165) is 70.6 Å². The highest BCUT2D eigenvalue weighted by molar-refractivity contribution is 5.70. The lowest BCUT2D eigenvalue weighted by Crippen LogP contribution is -2.44. The number of aliphatic carboxylic acids is 1. The molecule has 0 aromatic rings. The second kappa shape index (κ2) is 68.6. The standard InChI is InChI=1S/C78H141NO8/c1-6-8-10-12-14-16-18-20-22-24-26-28-30-32-34-35-36-37-38-39-40-41-43-45-47-49-51-53-55-57-59-61-63-65-67-69-76(81)87-74(73-86-78(77(82)83)84-71-70-79(3,4)5)72-85-75(80)68-66-64-62-60-58-56-54-52-50-48-46-44-42-33-31-29-27-25-23-21-19-17-15-13-11-9-7-2/h8,10,14,16,20,22,26,28,32,34,36-37,74,78H,6-7,9,11-13,15,17-19,21,23-25,27,29-31,33,35,38-73H2,1-5H3/b10-8-,16-14-,22-20-,28-26-,34-32-,37-36-. The first kappa shape index (κ1) is 83.7. The predicted octanol–water partition coefficient (Wildman–Crippen LogP) is 21.9. The molecule has 2 unspecified atom stereocenters. The molecule has 0 radical (unpaired) electrons. The minimum Gasteiger partial charge on any atom is -0.545 e. The zero-order valence-corrected chi connectivity index (χ0v) is 57.9. The van der Waals surface area contributed by atoms with Gasteiger partial charge in [-0.2, -0.15) is 0 Å². The van der Waals surface area contributed by atoms with E-state index in [2.05, 4.69) is 86.8 Å². The van der Waals surface area contributed by atoms with Crippen molar-refractivity contribution in [3.63, 3.8) is 0 Å². The molecule has 0 N–H and O–H groups in total. The van der Waals surface area contributed by atoms with Crippen molar-refractivity contribution in [2.24, 2.45) is 0 Å². The number of hydrogen-bond donors (Lipinski definition) is 0. The van der Waals surface area contributed by atoms with E-state index in [1.807, 2.05) is 21.1 Å². The number of unbranched alkanes of at least 4 members (excludes halogenated alkanes) is 42. The lowest BCUT2D eigenvalue weighted by molar-refractivity contribution is -0.870. The second-order valence-corrected chi connectivity index (χ2v) is 26.2. The molecule has 0 aromatic heterocycles. The van der Waals surface area contributed by atoms with E-state index >= 15 is 0 Å². The van der Waals surface area contributed by atoms with E-state index in [1.165, 1.54) is 244 Å². The molecule has 0 fully saturated rings. The summed E-state index contributed by atoms with van der Waals surface area (Å²) in [6, 6.07) is 0. The molecule has 0 aromatic carbocycles. The number of rotatable bonds is 69. The summed E-state index contributed by atoms with van der Waals surface area (Å²) in [6.45, 7) is 4.69. The van der Waals surface area contributed by atoms with Crippen LogP contribution in [0, 0.1) is 0 Å². The Morgan fingerprint density at radius 1 is 0.356 bits per heavy atom. The highest BCUT2D eigenvalue weighted by Crippen LogP contribution is 2.19. The van der Waals surface area contributed by atoms with Gasteiger partial charge in [0.05, 0.1) is 40.3 Å². The van der Waals surface area contributed by atoms with Crippen LogP contribution in [0.3, 0.4) is 0 Å². The Morgan fingerprint density at radius 2 is 0.655 bits per heavy atom. The van der Waals surface area contributed by atoms with Crippen LogP contribution in [0.15, 0.2) is 72.9 Å². The molecule has 9 heteroatoms. The van der Waals surface area contributed by atoms with Gasteiger partial charge in [0.25, 0.3) is 0 Å². The Kier molecular flexibility index (Phi) is 66.1. The first-order chi connectivity index (χ1) is 42.6. The van der Waals surface area contributed by atoms with Crippen molar-refractivity contribution in [2.45, 2.75) is 360 Å². The third-order valence-corrected chi connectivity index (χ3v) is 16.5. The Bertz CT molecular complexity index is 1660. The summed E-state index contributed by atoms with van der Waals surface area (Å²) in [4.78, 5) is 37.5. The van der Waals surface area contributed by atoms with Crippen LogP contribution in [0.25, 0.3) is 0 Å². The minimum absolute atomic E-state index is 0.149. The molecule has 0 amide bonds. The normalized spacial score (nSPS) is 13.1. The van der Waals surface area contributed by atoms with Gasteiger partial charge < -0.3 is 33.3 Å². The van der Waals surface area contributed by atoms with Crippen LogP contribution >= 0.6 is 0 Å².